The zero-order chi connectivity index (χ0) is 28.8. The molecule has 40 heavy (non-hydrogen) atoms. The maximum absolute atomic E-state index is 12.8. The van der Waals surface area contributed by atoms with Crippen LogP contribution in [-0.2, 0) is 16.1 Å². The molecule has 0 fully saturated rings. The molecule has 0 saturated carbocycles. The molecule has 0 saturated heterocycles. The molecule has 1 aliphatic heterocycles. The highest BCUT2D eigenvalue weighted by Crippen LogP contribution is 2.40. The number of halogens is 1. The number of nitro groups is 1. The van der Waals surface area contributed by atoms with E-state index >= 15 is 0 Å². The van der Waals surface area contributed by atoms with E-state index in [4.69, 9.17) is 21.1 Å². The molecule has 1 aliphatic rings. The summed E-state index contributed by atoms with van der Waals surface area (Å²) >= 11 is 7.38. The number of amides is 1. The van der Waals surface area contributed by atoms with Gasteiger partial charge in [-0.25, -0.2) is 9.79 Å². The highest BCUT2D eigenvalue weighted by molar-refractivity contribution is 8.18. The zero-order valence-electron chi connectivity index (χ0n) is 21.4. The van der Waals surface area contributed by atoms with Crippen LogP contribution in [0.1, 0.15) is 34.0 Å². The minimum absolute atomic E-state index is 0.0138. The second kappa shape index (κ2) is 12.6. The van der Waals surface area contributed by atoms with Gasteiger partial charge in [-0.15, -0.1) is 0 Å². The third-order valence-electron chi connectivity index (χ3n) is 5.67. The van der Waals surface area contributed by atoms with Crippen molar-refractivity contribution in [3.8, 4) is 5.75 Å². The van der Waals surface area contributed by atoms with Gasteiger partial charge in [0.05, 0.1) is 21.5 Å². The van der Waals surface area contributed by atoms with Crippen LogP contribution in [0.25, 0.3) is 6.08 Å². The maximum Gasteiger partial charge on any atom is 0.344 e. The Hall–Kier alpha value is -4.41. The lowest BCUT2D eigenvalue weighted by molar-refractivity contribution is -0.384. The Morgan fingerprint density at radius 2 is 1.80 bits per heavy atom. The summed E-state index contributed by atoms with van der Waals surface area (Å²) in [5, 5.41) is 22.0. The minimum Gasteiger partial charge on any atom is -0.506 e. The first kappa shape index (κ1) is 28.6. The van der Waals surface area contributed by atoms with Crippen molar-refractivity contribution >= 4 is 52.0 Å². The van der Waals surface area contributed by atoms with Crippen molar-refractivity contribution in [1.29, 1.82) is 0 Å². The number of nitrogens with zero attached hydrogens (tertiary/aromatic N) is 2. The van der Waals surface area contributed by atoms with Gasteiger partial charge in [0, 0.05) is 17.7 Å². The molecule has 3 aromatic carbocycles. The Labute approximate surface area is 238 Å². The van der Waals surface area contributed by atoms with E-state index in [1.54, 1.807) is 67.6 Å². The Balaban J connectivity index is 1.55. The number of rotatable bonds is 8. The lowest BCUT2D eigenvalue weighted by Crippen LogP contribution is -2.14. The molecule has 4 rings (SSSR count). The molecule has 1 N–H and O–H groups in total. The number of thioether (sulfide) groups is 1. The van der Waals surface area contributed by atoms with E-state index in [2.05, 4.69) is 4.99 Å². The Morgan fingerprint density at radius 3 is 2.42 bits per heavy atom. The number of aliphatic hydroxyl groups is 1. The third-order valence-corrected chi connectivity index (χ3v) is 6.98. The van der Waals surface area contributed by atoms with E-state index in [0.29, 0.717) is 16.9 Å². The number of hydrogen-bond donors (Lipinski definition) is 1. The molecule has 0 unspecified atom stereocenters. The number of aliphatic hydroxyl groups excluding tert-OH is 1. The number of benzene rings is 3. The van der Waals surface area contributed by atoms with Crippen LogP contribution in [0.2, 0.25) is 5.02 Å². The molecule has 0 bridgehead atoms. The van der Waals surface area contributed by atoms with E-state index in [9.17, 15) is 24.8 Å². The standard InChI is InChI=1S/C29H23ClN2O7S/c1-3-38-29(35)25-26(33)24(40-28(25)31-27(34)20-9-4-17(2)5-10-20)15-19-8-13-23(22(30)14-19)39-16-18-6-11-21(12-7-18)32(36)37/h4-15,33H,3,16H2,1-2H3/b24-15-,31-28?. The summed E-state index contributed by atoms with van der Waals surface area (Å²) in [6, 6.07) is 17.8. The van der Waals surface area contributed by atoms with Gasteiger partial charge in [0.2, 0.25) is 0 Å². The van der Waals surface area contributed by atoms with Crippen LogP contribution in [-0.4, -0.2) is 33.6 Å². The van der Waals surface area contributed by atoms with Crippen molar-refractivity contribution in [1.82, 2.24) is 0 Å². The molecule has 9 nitrogen and oxygen atoms in total. The van der Waals surface area contributed by atoms with Gasteiger partial charge in [-0.1, -0.05) is 47.1 Å². The molecule has 0 atom stereocenters. The summed E-state index contributed by atoms with van der Waals surface area (Å²) in [6.45, 7) is 3.76. The SMILES string of the molecule is CCOC(=O)C1=C(O)/C(=C/c2ccc(OCc3ccc([N+](=O)[O-])cc3)c(Cl)c2)SC1=NC(=O)c1ccc(C)cc1. The van der Waals surface area contributed by atoms with Crippen LogP contribution in [0.4, 0.5) is 5.69 Å². The Morgan fingerprint density at radius 1 is 1.10 bits per heavy atom. The monoisotopic (exact) mass is 578 g/mol. The lowest BCUT2D eigenvalue weighted by Gasteiger charge is -2.09. The fourth-order valence-electron chi connectivity index (χ4n) is 3.59. The molecule has 0 aliphatic carbocycles. The van der Waals surface area contributed by atoms with E-state index in [-0.39, 0.29) is 45.2 Å². The quantitative estimate of drug-likeness (QED) is 0.175. The normalized spacial score (nSPS) is 15.0. The van der Waals surface area contributed by atoms with Crippen molar-refractivity contribution in [2.75, 3.05) is 6.61 Å². The number of ether oxygens (including phenoxy) is 2. The van der Waals surface area contributed by atoms with Crippen molar-refractivity contribution in [2.45, 2.75) is 20.5 Å². The number of hydrogen-bond acceptors (Lipinski definition) is 8. The number of nitro benzene ring substituents is 1. The first-order valence-electron chi connectivity index (χ1n) is 12.0. The minimum atomic E-state index is -0.792. The molecule has 0 aromatic heterocycles. The van der Waals surface area contributed by atoms with Crippen molar-refractivity contribution in [3.05, 3.63) is 120 Å². The van der Waals surface area contributed by atoms with Crippen LogP contribution in [0, 0.1) is 17.0 Å². The third kappa shape index (κ3) is 6.77. The first-order chi connectivity index (χ1) is 19.2. The fraction of sp³-hybridized carbons (Fsp3) is 0.138. The predicted molar refractivity (Wildman–Crippen MR) is 154 cm³/mol. The van der Waals surface area contributed by atoms with Crippen LogP contribution < -0.4 is 4.74 Å². The first-order valence-corrected chi connectivity index (χ1v) is 13.2. The van der Waals surface area contributed by atoms with Gasteiger partial charge in [0.25, 0.3) is 11.6 Å². The van der Waals surface area contributed by atoms with Gasteiger partial charge in [-0.05, 0) is 67.4 Å². The van der Waals surface area contributed by atoms with Crippen LogP contribution in [0.15, 0.2) is 88.0 Å². The average Bonchev–Trinajstić information content (AvgIpc) is 3.22. The topological polar surface area (TPSA) is 128 Å². The molecular weight excluding hydrogens is 556 g/mol. The smallest absolute Gasteiger partial charge is 0.344 e. The van der Waals surface area contributed by atoms with Crippen molar-refractivity contribution < 1.29 is 29.1 Å². The van der Waals surface area contributed by atoms with Gasteiger partial charge in [-0.2, -0.15) is 0 Å². The highest BCUT2D eigenvalue weighted by atomic mass is 35.5. The Bertz CT molecular complexity index is 1560. The number of aliphatic imine (C=N–C) groups is 1. The van der Waals surface area contributed by atoms with Gasteiger partial charge in [0.15, 0.2) is 0 Å². The van der Waals surface area contributed by atoms with Gasteiger partial charge >= 0.3 is 5.97 Å². The molecule has 204 valence electrons. The summed E-state index contributed by atoms with van der Waals surface area (Å²) in [5.41, 5.74) is 2.44. The zero-order valence-corrected chi connectivity index (χ0v) is 23.0. The molecule has 3 aromatic rings. The van der Waals surface area contributed by atoms with E-state index in [0.717, 1.165) is 22.9 Å². The summed E-state index contributed by atoms with van der Waals surface area (Å²) in [7, 11) is 0. The Kier molecular flexibility index (Phi) is 9.03. The fourth-order valence-corrected chi connectivity index (χ4v) is 4.85. The summed E-state index contributed by atoms with van der Waals surface area (Å²) in [6.07, 6.45) is 1.60. The summed E-state index contributed by atoms with van der Waals surface area (Å²) < 4.78 is 10.8. The van der Waals surface area contributed by atoms with Gasteiger partial charge < -0.3 is 14.6 Å². The average molecular weight is 579 g/mol. The van der Waals surface area contributed by atoms with Crippen LogP contribution in [0.3, 0.4) is 0 Å². The number of aryl methyl sites for hydroxylation is 1. The number of carbonyl (C=O) groups excluding carboxylic acids is 2. The largest absolute Gasteiger partial charge is 0.506 e. The second-order valence-corrected chi connectivity index (χ2v) is 9.98. The van der Waals surface area contributed by atoms with E-state index < -0.39 is 16.8 Å². The number of non-ortho nitro benzene ring substituents is 1. The molecule has 1 amide bonds. The van der Waals surface area contributed by atoms with E-state index in [1.165, 1.54) is 12.1 Å². The molecule has 0 radical (unpaired) electrons. The highest BCUT2D eigenvalue weighted by Gasteiger charge is 2.34. The lowest BCUT2D eigenvalue weighted by atomic mass is 10.1. The summed E-state index contributed by atoms with van der Waals surface area (Å²) in [4.78, 5) is 40.1. The number of carbonyl (C=O) groups is 2. The van der Waals surface area contributed by atoms with Gasteiger partial charge in [0.1, 0.15) is 28.7 Å². The van der Waals surface area contributed by atoms with Crippen LogP contribution >= 0.6 is 23.4 Å². The molecule has 11 heteroatoms. The van der Waals surface area contributed by atoms with E-state index in [1.807, 2.05) is 6.92 Å². The molecule has 1 heterocycles. The van der Waals surface area contributed by atoms with Crippen LogP contribution in [0.5, 0.6) is 5.75 Å². The molecule has 0 spiro atoms. The summed E-state index contributed by atoms with van der Waals surface area (Å²) in [5.74, 6) is -1.32. The maximum atomic E-state index is 12.8. The predicted octanol–water partition coefficient (Wildman–Crippen LogP) is 6.84. The van der Waals surface area contributed by atoms with Gasteiger partial charge in [-0.3, -0.25) is 14.9 Å². The van der Waals surface area contributed by atoms with Crippen molar-refractivity contribution in [2.24, 2.45) is 4.99 Å². The van der Waals surface area contributed by atoms with Crippen molar-refractivity contribution in [3.63, 3.8) is 0 Å². The second-order valence-electron chi connectivity index (χ2n) is 8.54. The number of esters is 1. The molecular formula is C29H23ClN2O7S.